The Morgan fingerprint density at radius 3 is 2.32 bits per heavy atom. The minimum absolute atomic E-state index is 0.0281. The van der Waals surface area contributed by atoms with Crippen LogP contribution >= 0.6 is 0 Å². The maximum absolute atomic E-state index is 12.7. The number of aromatic amines is 1. The Bertz CT molecular complexity index is 2010. The summed E-state index contributed by atoms with van der Waals surface area (Å²) in [5, 5.41) is 5.31. The standard InChI is InChI=1S/C34H34N6O3S/c35-44(42,43)23-25-12-15-30-27(20-25)22-39(33(36-30)26-6-2-1-3-7-26)28-13-10-24(11-14-28)21-38-18-16-29(17-19-38)40-32-9-5-4-8-31(32)37-34(40)41/h1-15,20,29H,16-19,21-23H2,(H,37,41)(H2,35,42,43). The fourth-order valence-electron chi connectivity index (χ4n) is 6.45. The molecule has 0 amide bonds. The number of aromatic nitrogens is 2. The number of aliphatic imine (C=N–C) groups is 1. The Morgan fingerprint density at radius 2 is 1.57 bits per heavy atom. The number of sulfonamides is 1. The molecule has 3 heterocycles. The molecule has 3 N–H and O–H groups in total. The lowest BCUT2D eigenvalue weighted by Crippen LogP contribution is -2.36. The van der Waals surface area contributed by atoms with E-state index in [2.05, 4.69) is 51.2 Å². The Labute approximate surface area is 256 Å². The van der Waals surface area contributed by atoms with Gasteiger partial charge in [0.1, 0.15) is 5.84 Å². The highest BCUT2D eigenvalue weighted by molar-refractivity contribution is 7.88. The number of benzene rings is 4. The molecule has 10 heteroatoms. The van der Waals surface area contributed by atoms with Crippen molar-refractivity contribution in [3.05, 3.63) is 130 Å². The summed E-state index contributed by atoms with van der Waals surface area (Å²) in [6.45, 7) is 3.25. The lowest BCUT2D eigenvalue weighted by Gasteiger charge is -2.33. The number of anilines is 1. The summed E-state index contributed by atoms with van der Waals surface area (Å²) in [6.07, 6.45) is 1.86. The lowest BCUT2D eigenvalue weighted by atomic mass is 10.0. The molecule has 0 radical (unpaired) electrons. The summed E-state index contributed by atoms with van der Waals surface area (Å²) in [6, 6.07) is 32.3. The number of H-pyrrole nitrogens is 1. The van der Waals surface area contributed by atoms with E-state index in [1.807, 2.05) is 59.2 Å². The molecule has 0 saturated carbocycles. The van der Waals surface area contributed by atoms with Crippen molar-refractivity contribution in [3.63, 3.8) is 0 Å². The van der Waals surface area contributed by atoms with E-state index >= 15 is 0 Å². The molecule has 9 nitrogen and oxygen atoms in total. The predicted octanol–water partition coefficient (Wildman–Crippen LogP) is 5.05. The number of para-hydroxylation sites is 2. The number of primary sulfonamides is 1. The Morgan fingerprint density at radius 1 is 0.864 bits per heavy atom. The average Bonchev–Trinajstić information content (AvgIpc) is 3.36. The largest absolute Gasteiger partial charge is 0.326 e. The summed E-state index contributed by atoms with van der Waals surface area (Å²) in [5.74, 6) is 0.639. The quantitative estimate of drug-likeness (QED) is 0.269. The van der Waals surface area contributed by atoms with Crippen LogP contribution in [0.2, 0.25) is 0 Å². The molecule has 224 valence electrons. The third-order valence-corrected chi connectivity index (χ3v) is 9.29. The smallest absolute Gasteiger partial charge is 0.321 e. The lowest BCUT2D eigenvalue weighted by molar-refractivity contribution is 0.180. The highest BCUT2D eigenvalue weighted by Gasteiger charge is 2.25. The summed E-state index contributed by atoms with van der Waals surface area (Å²) in [4.78, 5) is 25.3. The summed E-state index contributed by atoms with van der Waals surface area (Å²) in [5.41, 5.74) is 7.51. The van der Waals surface area contributed by atoms with E-state index in [9.17, 15) is 13.2 Å². The third kappa shape index (κ3) is 5.84. The topological polar surface area (TPSA) is 117 Å². The summed E-state index contributed by atoms with van der Waals surface area (Å²) in [7, 11) is -3.64. The van der Waals surface area contributed by atoms with Gasteiger partial charge in [-0.15, -0.1) is 0 Å². The number of likely N-dealkylation sites (tertiary alicyclic amines) is 1. The van der Waals surface area contributed by atoms with Gasteiger partial charge < -0.3 is 9.88 Å². The van der Waals surface area contributed by atoms with Gasteiger partial charge in [0.2, 0.25) is 10.0 Å². The number of hydrogen-bond donors (Lipinski definition) is 2. The fourth-order valence-corrected chi connectivity index (χ4v) is 7.09. The monoisotopic (exact) mass is 606 g/mol. The summed E-state index contributed by atoms with van der Waals surface area (Å²) < 4.78 is 25.4. The third-order valence-electron chi connectivity index (χ3n) is 8.55. The van der Waals surface area contributed by atoms with Crippen LogP contribution < -0.4 is 15.7 Å². The van der Waals surface area contributed by atoms with Crippen LogP contribution in [0.4, 0.5) is 11.4 Å². The highest BCUT2D eigenvalue weighted by Crippen LogP contribution is 2.33. The number of nitrogens with one attached hydrogen (secondary N) is 1. The second kappa shape index (κ2) is 11.5. The zero-order chi connectivity index (χ0) is 30.3. The maximum Gasteiger partial charge on any atom is 0.326 e. The van der Waals surface area contributed by atoms with E-state index in [1.165, 1.54) is 5.56 Å². The zero-order valence-corrected chi connectivity index (χ0v) is 25.1. The molecule has 44 heavy (non-hydrogen) atoms. The molecule has 0 spiro atoms. The van der Waals surface area contributed by atoms with E-state index < -0.39 is 10.0 Å². The van der Waals surface area contributed by atoms with Gasteiger partial charge in [-0.05, 0) is 59.9 Å². The Hall–Kier alpha value is -4.51. The first kappa shape index (κ1) is 28.3. The summed E-state index contributed by atoms with van der Waals surface area (Å²) >= 11 is 0. The molecule has 2 aliphatic heterocycles. The predicted molar refractivity (Wildman–Crippen MR) is 175 cm³/mol. The number of hydrogen-bond acceptors (Lipinski definition) is 6. The maximum atomic E-state index is 12.7. The molecule has 0 aliphatic carbocycles. The first-order valence-electron chi connectivity index (χ1n) is 14.9. The van der Waals surface area contributed by atoms with Crippen molar-refractivity contribution < 1.29 is 8.42 Å². The van der Waals surface area contributed by atoms with Crippen molar-refractivity contribution in [2.75, 3.05) is 18.0 Å². The first-order valence-corrected chi connectivity index (χ1v) is 16.6. The SMILES string of the molecule is NS(=O)(=O)Cc1ccc2c(c1)CN(c1ccc(CN3CCC(n4c(=O)[nH]c5ccccc54)CC3)cc1)C(c1ccccc1)=N2. The molecular formula is C34H34N6O3S. The van der Waals surface area contributed by atoms with E-state index in [1.54, 1.807) is 6.07 Å². The van der Waals surface area contributed by atoms with E-state index in [-0.39, 0.29) is 17.5 Å². The van der Waals surface area contributed by atoms with Crippen LogP contribution in [0.1, 0.15) is 41.1 Å². The average molecular weight is 607 g/mol. The number of imidazole rings is 1. The van der Waals surface area contributed by atoms with Crippen LogP contribution in [-0.2, 0) is 28.9 Å². The molecule has 5 aromatic rings. The van der Waals surface area contributed by atoms with Gasteiger partial charge in [-0.25, -0.2) is 23.3 Å². The Balaban J connectivity index is 1.08. The van der Waals surface area contributed by atoms with Crippen molar-refractivity contribution in [2.45, 2.75) is 37.7 Å². The van der Waals surface area contributed by atoms with Crippen molar-refractivity contribution in [1.29, 1.82) is 0 Å². The minimum atomic E-state index is -3.64. The number of rotatable bonds is 7. The van der Waals surface area contributed by atoms with Crippen molar-refractivity contribution >= 4 is 38.3 Å². The van der Waals surface area contributed by atoms with Crippen LogP contribution in [0.5, 0.6) is 0 Å². The van der Waals surface area contributed by atoms with Crippen LogP contribution in [-0.4, -0.2) is 41.8 Å². The molecule has 1 saturated heterocycles. The van der Waals surface area contributed by atoms with Gasteiger partial charge in [0, 0.05) is 36.9 Å². The van der Waals surface area contributed by atoms with Crippen molar-refractivity contribution in [3.8, 4) is 0 Å². The van der Waals surface area contributed by atoms with Crippen molar-refractivity contribution in [2.24, 2.45) is 10.1 Å². The number of fused-ring (bicyclic) bond motifs is 2. The Kier molecular flexibility index (Phi) is 7.41. The number of piperidine rings is 1. The molecule has 0 unspecified atom stereocenters. The van der Waals surface area contributed by atoms with Gasteiger partial charge in [0.05, 0.1) is 29.0 Å². The molecular weight excluding hydrogens is 572 g/mol. The van der Waals surface area contributed by atoms with Crippen LogP contribution in [0.25, 0.3) is 11.0 Å². The van der Waals surface area contributed by atoms with Gasteiger partial charge in [-0.3, -0.25) is 9.47 Å². The molecule has 1 fully saturated rings. The molecule has 4 aromatic carbocycles. The van der Waals surface area contributed by atoms with E-state index in [4.69, 9.17) is 10.1 Å². The number of amidine groups is 1. The molecule has 7 rings (SSSR count). The first-order chi connectivity index (χ1) is 21.3. The van der Waals surface area contributed by atoms with Gasteiger partial charge >= 0.3 is 5.69 Å². The number of nitrogens with zero attached hydrogens (tertiary/aromatic N) is 4. The van der Waals surface area contributed by atoms with Gasteiger partial charge in [-0.1, -0.05) is 66.7 Å². The minimum Gasteiger partial charge on any atom is -0.321 e. The molecule has 1 aromatic heterocycles. The molecule has 0 atom stereocenters. The van der Waals surface area contributed by atoms with Crippen LogP contribution in [0.15, 0.2) is 107 Å². The van der Waals surface area contributed by atoms with E-state index in [0.29, 0.717) is 12.1 Å². The van der Waals surface area contributed by atoms with Gasteiger partial charge in [0.25, 0.3) is 0 Å². The van der Waals surface area contributed by atoms with Crippen LogP contribution in [0.3, 0.4) is 0 Å². The zero-order valence-electron chi connectivity index (χ0n) is 24.3. The van der Waals surface area contributed by atoms with Crippen molar-refractivity contribution in [1.82, 2.24) is 14.5 Å². The highest BCUT2D eigenvalue weighted by atomic mass is 32.2. The number of nitrogens with two attached hydrogens (primary N) is 1. The second-order valence-electron chi connectivity index (χ2n) is 11.6. The molecule has 2 aliphatic rings. The normalized spacial score (nSPS) is 16.2. The second-order valence-corrected chi connectivity index (χ2v) is 13.3. The molecule has 0 bridgehead atoms. The van der Waals surface area contributed by atoms with Gasteiger partial charge in [0.15, 0.2) is 0 Å². The van der Waals surface area contributed by atoms with E-state index in [0.717, 1.165) is 71.8 Å². The van der Waals surface area contributed by atoms with Crippen LogP contribution in [0, 0.1) is 0 Å². The fraction of sp³-hybridized carbons (Fsp3) is 0.235. The van der Waals surface area contributed by atoms with Gasteiger partial charge in [-0.2, -0.15) is 0 Å².